The second kappa shape index (κ2) is 6.34. The molecule has 2 aliphatic rings. The van der Waals surface area contributed by atoms with Crippen LogP contribution in [0.5, 0.6) is 0 Å². The van der Waals surface area contributed by atoms with Crippen molar-refractivity contribution >= 4 is 11.2 Å². The van der Waals surface area contributed by atoms with Gasteiger partial charge in [-0.05, 0) is 50.9 Å². The highest BCUT2D eigenvalue weighted by Gasteiger charge is 2.21. The molecule has 2 saturated heterocycles. The summed E-state index contributed by atoms with van der Waals surface area (Å²) >= 11 is 0. The number of hydrogen-bond acceptors (Lipinski definition) is 4. The largest absolute Gasteiger partial charge is 0.314 e. The predicted octanol–water partition coefficient (Wildman–Crippen LogP) is 1.87. The van der Waals surface area contributed by atoms with Crippen LogP contribution in [0.3, 0.4) is 0 Å². The molecule has 0 aromatic carbocycles. The van der Waals surface area contributed by atoms with E-state index in [1.807, 2.05) is 12.3 Å². The molecule has 0 radical (unpaired) electrons. The first kappa shape index (κ1) is 14.2. The van der Waals surface area contributed by atoms with Gasteiger partial charge in [-0.15, -0.1) is 0 Å². The number of piperidine rings is 1. The van der Waals surface area contributed by atoms with Crippen LogP contribution in [0.1, 0.15) is 37.9 Å². The number of fused-ring (bicyclic) bond motifs is 1. The average Bonchev–Trinajstić information content (AvgIpc) is 3.18. The lowest BCUT2D eigenvalue weighted by Crippen LogP contribution is -2.37. The predicted molar refractivity (Wildman–Crippen MR) is 87.9 cm³/mol. The summed E-state index contributed by atoms with van der Waals surface area (Å²) in [7, 11) is 0. The molecule has 5 nitrogen and oxygen atoms in total. The van der Waals surface area contributed by atoms with Gasteiger partial charge in [0.25, 0.3) is 0 Å². The van der Waals surface area contributed by atoms with E-state index in [2.05, 4.69) is 26.3 Å². The molecule has 2 aromatic rings. The summed E-state index contributed by atoms with van der Waals surface area (Å²) < 4.78 is 2.36. The molecule has 2 fully saturated rings. The number of aromatic nitrogens is 3. The van der Waals surface area contributed by atoms with E-state index >= 15 is 0 Å². The molecule has 2 atom stereocenters. The minimum absolute atomic E-state index is 0.567. The Labute approximate surface area is 131 Å². The first-order chi connectivity index (χ1) is 10.9. The van der Waals surface area contributed by atoms with Crippen molar-refractivity contribution in [2.24, 2.45) is 0 Å². The molecule has 4 heterocycles. The first-order valence-electron chi connectivity index (χ1n) is 8.67. The van der Waals surface area contributed by atoms with Crippen molar-refractivity contribution in [2.45, 2.75) is 57.2 Å². The summed E-state index contributed by atoms with van der Waals surface area (Å²) in [6, 6.07) is 5.20. The van der Waals surface area contributed by atoms with E-state index in [-0.39, 0.29) is 0 Å². The van der Waals surface area contributed by atoms with Crippen LogP contribution in [0, 0.1) is 0 Å². The van der Waals surface area contributed by atoms with Crippen molar-refractivity contribution < 1.29 is 0 Å². The maximum absolute atomic E-state index is 4.88. The molecule has 2 unspecified atom stereocenters. The van der Waals surface area contributed by atoms with Gasteiger partial charge in [-0.2, -0.15) is 0 Å². The third-order valence-electron chi connectivity index (χ3n) is 4.99. The van der Waals surface area contributed by atoms with Gasteiger partial charge in [-0.3, -0.25) is 0 Å². The SMILES string of the molecule is c1cnc2c(c1)nc(CC1CCCCN1)n2CC1CCCN1. The molecule has 0 aliphatic carbocycles. The van der Waals surface area contributed by atoms with Crippen LogP contribution in [0.25, 0.3) is 11.2 Å². The van der Waals surface area contributed by atoms with Crippen molar-refractivity contribution in [1.82, 2.24) is 25.2 Å². The Kier molecular flexibility index (Phi) is 4.08. The fourth-order valence-electron chi connectivity index (χ4n) is 3.80. The summed E-state index contributed by atoms with van der Waals surface area (Å²) in [4.78, 5) is 9.47. The van der Waals surface area contributed by atoms with Gasteiger partial charge in [0.15, 0.2) is 5.65 Å². The summed E-state index contributed by atoms with van der Waals surface area (Å²) in [5.41, 5.74) is 2.08. The molecule has 118 valence electrons. The zero-order valence-electron chi connectivity index (χ0n) is 13.1. The zero-order chi connectivity index (χ0) is 14.8. The topological polar surface area (TPSA) is 54.8 Å². The molecule has 5 heteroatoms. The number of pyridine rings is 1. The molecule has 2 aliphatic heterocycles. The quantitative estimate of drug-likeness (QED) is 0.905. The van der Waals surface area contributed by atoms with E-state index in [1.54, 1.807) is 0 Å². The maximum atomic E-state index is 4.88. The van der Waals surface area contributed by atoms with E-state index < -0.39 is 0 Å². The van der Waals surface area contributed by atoms with Crippen LogP contribution in [-0.2, 0) is 13.0 Å². The van der Waals surface area contributed by atoms with Gasteiger partial charge in [0, 0.05) is 31.2 Å². The lowest BCUT2D eigenvalue weighted by Gasteiger charge is -2.24. The number of rotatable bonds is 4. The highest BCUT2D eigenvalue weighted by molar-refractivity contribution is 5.71. The number of nitrogens with zero attached hydrogens (tertiary/aromatic N) is 3. The monoisotopic (exact) mass is 299 g/mol. The molecule has 2 aromatic heterocycles. The Hall–Kier alpha value is -1.46. The van der Waals surface area contributed by atoms with Crippen LogP contribution < -0.4 is 10.6 Å². The van der Waals surface area contributed by atoms with Gasteiger partial charge >= 0.3 is 0 Å². The lowest BCUT2D eigenvalue weighted by atomic mass is 10.0. The fraction of sp³-hybridized carbons (Fsp3) is 0.647. The molecular weight excluding hydrogens is 274 g/mol. The van der Waals surface area contributed by atoms with Gasteiger partial charge in [-0.25, -0.2) is 9.97 Å². The third kappa shape index (κ3) is 2.88. The van der Waals surface area contributed by atoms with Crippen molar-refractivity contribution in [1.29, 1.82) is 0 Å². The van der Waals surface area contributed by atoms with E-state index in [9.17, 15) is 0 Å². The van der Waals surface area contributed by atoms with Crippen LogP contribution in [0.4, 0.5) is 0 Å². The minimum atomic E-state index is 0.567. The van der Waals surface area contributed by atoms with Gasteiger partial charge in [-0.1, -0.05) is 6.42 Å². The molecule has 2 N–H and O–H groups in total. The van der Waals surface area contributed by atoms with E-state index in [0.717, 1.165) is 37.2 Å². The number of imidazole rings is 1. The zero-order valence-corrected chi connectivity index (χ0v) is 13.1. The molecule has 0 saturated carbocycles. The Morgan fingerprint density at radius 2 is 1.95 bits per heavy atom. The van der Waals surface area contributed by atoms with Gasteiger partial charge in [0.05, 0.1) is 0 Å². The average molecular weight is 299 g/mol. The second-order valence-electron chi connectivity index (χ2n) is 6.63. The summed E-state index contributed by atoms with van der Waals surface area (Å²) in [5, 5.41) is 7.24. The van der Waals surface area contributed by atoms with Crippen LogP contribution in [0.2, 0.25) is 0 Å². The third-order valence-corrected chi connectivity index (χ3v) is 4.99. The van der Waals surface area contributed by atoms with Crippen molar-refractivity contribution in [3.05, 3.63) is 24.2 Å². The van der Waals surface area contributed by atoms with Crippen molar-refractivity contribution in [2.75, 3.05) is 13.1 Å². The van der Waals surface area contributed by atoms with Crippen LogP contribution in [0.15, 0.2) is 18.3 Å². The fourth-order valence-corrected chi connectivity index (χ4v) is 3.80. The number of hydrogen-bond donors (Lipinski definition) is 2. The molecule has 4 rings (SSSR count). The summed E-state index contributed by atoms with van der Waals surface area (Å²) in [6.07, 6.45) is 9.34. The van der Waals surface area contributed by atoms with Crippen LogP contribution >= 0.6 is 0 Å². The smallest absolute Gasteiger partial charge is 0.160 e. The lowest BCUT2D eigenvalue weighted by molar-refractivity contribution is 0.387. The van der Waals surface area contributed by atoms with Crippen LogP contribution in [-0.4, -0.2) is 39.7 Å². The first-order valence-corrected chi connectivity index (χ1v) is 8.67. The second-order valence-corrected chi connectivity index (χ2v) is 6.63. The van der Waals surface area contributed by atoms with Gasteiger partial charge in [0.2, 0.25) is 0 Å². The van der Waals surface area contributed by atoms with Gasteiger partial charge in [0.1, 0.15) is 11.3 Å². The Morgan fingerprint density at radius 1 is 1.09 bits per heavy atom. The molecule has 0 spiro atoms. The number of nitrogens with one attached hydrogen (secondary N) is 2. The van der Waals surface area contributed by atoms with Crippen molar-refractivity contribution in [3.8, 4) is 0 Å². The molecular formula is C17H25N5. The normalized spacial score (nSPS) is 25.8. The highest BCUT2D eigenvalue weighted by Crippen LogP contribution is 2.20. The summed E-state index contributed by atoms with van der Waals surface area (Å²) in [6.45, 7) is 3.28. The Morgan fingerprint density at radius 3 is 2.77 bits per heavy atom. The van der Waals surface area contributed by atoms with Crippen molar-refractivity contribution in [3.63, 3.8) is 0 Å². The molecule has 0 bridgehead atoms. The highest BCUT2D eigenvalue weighted by atomic mass is 15.2. The summed E-state index contributed by atoms with van der Waals surface area (Å²) in [5.74, 6) is 1.20. The molecule has 0 amide bonds. The molecule has 22 heavy (non-hydrogen) atoms. The minimum Gasteiger partial charge on any atom is -0.314 e. The van der Waals surface area contributed by atoms with E-state index in [4.69, 9.17) is 4.98 Å². The van der Waals surface area contributed by atoms with E-state index in [1.165, 1.54) is 37.9 Å². The maximum Gasteiger partial charge on any atom is 0.160 e. The van der Waals surface area contributed by atoms with Gasteiger partial charge < -0.3 is 15.2 Å². The Bertz CT molecular complexity index is 623. The standard InChI is InChI=1S/C17H25N5/c1-2-8-18-13(5-1)11-16-21-15-7-4-10-20-17(15)22(16)12-14-6-3-9-19-14/h4,7,10,13-14,18-19H,1-3,5-6,8-9,11-12H2. The van der Waals surface area contributed by atoms with E-state index in [0.29, 0.717) is 12.1 Å². The Balaban J connectivity index is 1.62.